The van der Waals surface area contributed by atoms with Crippen LogP contribution in [0.25, 0.3) is 11.4 Å². The second-order valence-electron chi connectivity index (χ2n) is 5.52. The molecule has 2 heterocycles. The molecule has 0 spiro atoms. The quantitative estimate of drug-likeness (QED) is 0.722. The van der Waals surface area contributed by atoms with E-state index in [4.69, 9.17) is 4.74 Å². The van der Waals surface area contributed by atoms with Crippen LogP contribution in [-0.2, 0) is 11.3 Å². The highest BCUT2D eigenvalue weighted by atomic mass is 16.5. The number of pyridine rings is 1. The van der Waals surface area contributed by atoms with E-state index in [0.717, 1.165) is 22.4 Å². The van der Waals surface area contributed by atoms with Gasteiger partial charge < -0.3 is 10.1 Å². The van der Waals surface area contributed by atoms with Gasteiger partial charge in [-0.2, -0.15) is 0 Å². The molecule has 25 heavy (non-hydrogen) atoms. The second-order valence-corrected chi connectivity index (χ2v) is 5.52. The molecule has 0 unspecified atom stereocenters. The molecule has 6 nitrogen and oxygen atoms in total. The zero-order valence-electron chi connectivity index (χ0n) is 14.1. The number of ether oxygens (including phenoxy) is 1. The Hall–Kier alpha value is -3.28. The van der Waals surface area contributed by atoms with Crippen LogP contribution in [0.5, 0.6) is 0 Å². The van der Waals surface area contributed by atoms with E-state index in [0.29, 0.717) is 17.9 Å². The number of hydrogen-bond donors (Lipinski definition) is 1. The third kappa shape index (κ3) is 3.98. The number of hydrogen-bond acceptors (Lipinski definition) is 6. The lowest BCUT2D eigenvalue weighted by atomic mass is 10.0. The smallest absolute Gasteiger partial charge is 0.337 e. The molecular weight excluding hydrogens is 316 g/mol. The summed E-state index contributed by atoms with van der Waals surface area (Å²) in [5, 5.41) is 3.33. The van der Waals surface area contributed by atoms with E-state index in [1.165, 1.54) is 7.11 Å². The SMILES string of the molecule is COC(=O)c1ccc(C)c(CNc2cncc(-c3ncccn3)c2)c1. The summed E-state index contributed by atoms with van der Waals surface area (Å²) in [5.74, 6) is 0.286. The minimum Gasteiger partial charge on any atom is -0.465 e. The molecule has 0 aliphatic heterocycles. The Bertz CT molecular complexity index is 882. The lowest BCUT2D eigenvalue weighted by Gasteiger charge is -2.11. The molecule has 0 aliphatic rings. The highest BCUT2D eigenvalue weighted by Gasteiger charge is 2.08. The molecule has 2 aromatic heterocycles. The van der Waals surface area contributed by atoms with Gasteiger partial charge in [-0.25, -0.2) is 14.8 Å². The minimum atomic E-state index is -0.342. The van der Waals surface area contributed by atoms with Gasteiger partial charge in [-0.1, -0.05) is 6.07 Å². The Kier molecular flexibility index (Phi) is 4.99. The maximum atomic E-state index is 11.7. The van der Waals surface area contributed by atoms with Crippen molar-refractivity contribution in [3.8, 4) is 11.4 Å². The van der Waals surface area contributed by atoms with Gasteiger partial charge in [0.1, 0.15) is 0 Å². The van der Waals surface area contributed by atoms with Crippen molar-refractivity contribution in [1.82, 2.24) is 15.0 Å². The van der Waals surface area contributed by atoms with Crippen molar-refractivity contribution in [2.24, 2.45) is 0 Å². The molecule has 3 rings (SSSR count). The topological polar surface area (TPSA) is 77.0 Å². The molecule has 6 heteroatoms. The molecule has 0 bridgehead atoms. The van der Waals surface area contributed by atoms with Crippen molar-refractivity contribution in [1.29, 1.82) is 0 Å². The van der Waals surface area contributed by atoms with Gasteiger partial charge in [0.15, 0.2) is 5.82 Å². The Balaban J connectivity index is 1.77. The Morgan fingerprint density at radius 2 is 1.96 bits per heavy atom. The van der Waals surface area contributed by atoms with Crippen LogP contribution in [0.15, 0.2) is 55.1 Å². The fourth-order valence-corrected chi connectivity index (χ4v) is 2.41. The number of esters is 1. The lowest BCUT2D eigenvalue weighted by Crippen LogP contribution is -2.06. The molecule has 3 aromatic rings. The van der Waals surface area contributed by atoms with Crippen molar-refractivity contribution in [3.63, 3.8) is 0 Å². The first-order valence-corrected chi connectivity index (χ1v) is 7.81. The number of aromatic nitrogens is 3. The van der Waals surface area contributed by atoms with Crippen molar-refractivity contribution in [3.05, 3.63) is 71.8 Å². The summed E-state index contributed by atoms with van der Waals surface area (Å²) in [6.45, 7) is 2.57. The number of aryl methyl sites for hydroxylation is 1. The maximum Gasteiger partial charge on any atom is 0.337 e. The van der Waals surface area contributed by atoms with Crippen LogP contribution >= 0.6 is 0 Å². The van der Waals surface area contributed by atoms with Crippen molar-refractivity contribution in [2.75, 3.05) is 12.4 Å². The van der Waals surface area contributed by atoms with Gasteiger partial charge in [0.2, 0.25) is 0 Å². The van der Waals surface area contributed by atoms with Crippen LogP contribution in [0, 0.1) is 6.92 Å². The van der Waals surface area contributed by atoms with Gasteiger partial charge >= 0.3 is 5.97 Å². The Labute approximate surface area is 145 Å². The van der Waals surface area contributed by atoms with E-state index in [1.54, 1.807) is 36.9 Å². The number of carbonyl (C=O) groups is 1. The number of nitrogens with one attached hydrogen (secondary N) is 1. The van der Waals surface area contributed by atoms with Gasteiger partial charge in [0, 0.05) is 36.9 Å². The van der Waals surface area contributed by atoms with Gasteiger partial charge in [-0.3, -0.25) is 4.98 Å². The van der Waals surface area contributed by atoms with Crippen LogP contribution in [-0.4, -0.2) is 28.0 Å². The van der Waals surface area contributed by atoms with Gasteiger partial charge in [-0.15, -0.1) is 0 Å². The first-order chi connectivity index (χ1) is 12.2. The Morgan fingerprint density at radius 1 is 1.16 bits per heavy atom. The van der Waals surface area contributed by atoms with E-state index in [1.807, 2.05) is 25.1 Å². The lowest BCUT2D eigenvalue weighted by molar-refractivity contribution is 0.0600. The molecule has 0 atom stereocenters. The summed E-state index contributed by atoms with van der Waals surface area (Å²) in [5.41, 5.74) is 4.34. The molecule has 0 saturated carbocycles. The summed E-state index contributed by atoms with van der Waals surface area (Å²) >= 11 is 0. The summed E-state index contributed by atoms with van der Waals surface area (Å²) in [6, 6.07) is 9.24. The highest BCUT2D eigenvalue weighted by Crippen LogP contribution is 2.19. The van der Waals surface area contributed by atoms with Crippen LogP contribution in [0.4, 0.5) is 5.69 Å². The minimum absolute atomic E-state index is 0.342. The standard InChI is InChI=1S/C19H18N4O2/c1-13-4-5-14(19(24)25-2)8-15(13)11-23-17-9-16(10-20-12-17)18-21-6-3-7-22-18/h3-10,12,23H,11H2,1-2H3. The number of anilines is 1. The molecule has 126 valence electrons. The third-order valence-corrected chi connectivity index (χ3v) is 3.82. The summed E-state index contributed by atoms with van der Waals surface area (Å²) < 4.78 is 4.78. The predicted molar refractivity (Wildman–Crippen MR) is 95.1 cm³/mol. The molecule has 1 N–H and O–H groups in total. The van der Waals surface area contributed by atoms with Crippen LogP contribution in [0.1, 0.15) is 21.5 Å². The monoisotopic (exact) mass is 334 g/mol. The number of rotatable bonds is 5. The molecule has 0 fully saturated rings. The maximum absolute atomic E-state index is 11.7. The largest absolute Gasteiger partial charge is 0.465 e. The molecule has 0 amide bonds. The Morgan fingerprint density at radius 3 is 2.72 bits per heavy atom. The average Bonchev–Trinajstić information content (AvgIpc) is 2.67. The number of carbonyl (C=O) groups excluding carboxylic acids is 1. The number of nitrogens with zero attached hydrogens (tertiary/aromatic N) is 3. The first kappa shape index (κ1) is 16.6. The normalized spacial score (nSPS) is 10.3. The van der Waals surface area contributed by atoms with E-state index in [-0.39, 0.29) is 5.97 Å². The average molecular weight is 334 g/mol. The first-order valence-electron chi connectivity index (χ1n) is 7.81. The van der Waals surface area contributed by atoms with Gasteiger partial charge in [0.05, 0.1) is 18.4 Å². The van der Waals surface area contributed by atoms with Gasteiger partial charge in [-0.05, 0) is 42.3 Å². The van der Waals surface area contributed by atoms with E-state index in [9.17, 15) is 4.79 Å². The van der Waals surface area contributed by atoms with Gasteiger partial charge in [0.25, 0.3) is 0 Å². The molecule has 0 radical (unpaired) electrons. The third-order valence-electron chi connectivity index (χ3n) is 3.82. The fraction of sp³-hybridized carbons (Fsp3) is 0.158. The zero-order chi connectivity index (χ0) is 17.6. The highest BCUT2D eigenvalue weighted by molar-refractivity contribution is 5.89. The van der Waals surface area contributed by atoms with Crippen molar-refractivity contribution >= 4 is 11.7 Å². The van der Waals surface area contributed by atoms with Crippen LogP contribution in [0.3, 0.4) is 0 Å². The van der Waals surface area contributed by atoms with Crippen LogP contribution < -0.4 is 5.32 Å². The number of methoxy groups -OCH3 is 1. The molecule has 0 saturated heterocycles. The second kappa shape index (κ2) is 7.53. The van der Waals surface area contributed by atoms with E-state index < -0.39 is 0 Å². The summed E-state index contributed by atoms with van der Waals surface area (Å²) in [6.07, 6.45) is 6.86. The molecule has 0 aliphatic carbocycles. The van der Waals surface area contributed by atoms with Crippen molar-refractivity contribution in [2.45, 2.75) is 13.5 Å². The molecular formula is C19H18N4O2. The summed E-state index contributed by atoms with van der Waals surface area (Å²) in [4.78, 5) is 24.4. The fourth-order valence-electron chi connectivity index (χ4n) is 2.41. The zero-order valence-corrected chi connectivity index (χ0v) is 14.1. The molecule has 1 aromatic carbocycles. The van der Waals surface area contributed by atoms with E-state index in [2.05, 4.69) is 20.3 Å². The number of benzene rings is 1. The van der Waals surface area contributed by atoms with Crippen molar-refractivity contribution < 1.29 is 9.53 Å². The van der Waals surface area contributed by atoms with E-state index >= 15 is 0 Å². The predicted octanol–water partition coefficient (Wildman–Crippen LogP) is 3.25. The summed E-state index contributed by atoms with van der Waals surface area (Å²) in [7, 11) is 1.38. The van der Waals surface area contributed by atoms with Crippen LogP contribution in [0.2, 0.25) is 0 Å².